The number of aliphatic hydroxyl groups is 1. The summed E-state index contributed by atoms with van der Waals surface area (Å²) in [6, 6.07) is 8.35. The molecule has 24 heavy (non-hydrogen) atoms. The molecule has 2 aliphatic rings. The maximum absolute atomic E-state index is 10.3. The minimum atomic E-state index is -0.178. The van der Waals surface area contributed by atoms with Gasteiger partial charge in [-0.25, -0.2) is 0 Å². The van der Waals surface area contributed by atoms with Crippen LogP contribution in [0.1, 0.15) is 45.1 Å². The maximum atomic E-state index is 10.3. The highest BCUT2D eigenvalue weighted by atomic mass is 127. The normalized spacial score (nSPS) is 26.8. The van der Waals surface area contributed by atoms with Crippen LogP contribution in [-0.4, -0.2) is 18.3 Å². The van der Waals surface area contributed by atoms with Crippen LogP contribution < -0.4 is 4.74 Å². The summed E-state index contributed by atoms with van der Waals surface area (Å²) in [5.41, 5.74) is 5.89. The van der Waals surface area contributed by atoms with Crippen molar-refractivity contribution in [1.82, 2.24) is 0 Å². The number of benzene rings is 1. The smallest absolute Gasteiger partial charge is 0.119 e. The Bertz CT molecular complexity index is 695. The second-order valence-electron chi connectivity index (χ2n) is 7.23. The molecule has 0 heterocycles. The zero-order valence-electron chi connectivity index (χ0n) is 14.6. The van der Waals surface area contributed by atoms with Crippen LogP contribution in [-0.2, 0) is 6.42 Å². The Morgan fingerprint density at radius 3 is 2.88 bits per heavy atom. The number of hydrogen-bond donors (Lipinski definition) is 1. The van der Waals surface area contributed by atoms with E-state index in [1.165, 1.54) is 27.2 Å². The molecular formula is C20H25IO2S. The Labute approximate surface area is 161 Å². The predicted molar refractivity (Wildman–Crippen MR) is 111 cm³/mol. The van der Waals surface area contributed by atoms with Crippen LogP contribution in [0.4, 0.5) is 0 Å². The highest BCUT2D eigenvalue weighted by Gasteiger charge is 2.43. The van der Waals surface area contributed by atoms with Crippen LogP contribution in [0.15, 0.2) is 45.9 Å². The standard InChI is InChI=1S/C20H25IO2S/c1-13-17(8-7-14-5-4-6-16(9-14)23-3)18-10-15(22)11-20(18,2)12-19(13)24-21/h4-6,9,15,22H,7-8,10-12H2,1-3H3/t15-,20+/m0/s1. The van der Waals surface area contributed by atoms with Gasteiger partial charge in [0.25, 0.3) is 0 Å². The van der Waals surface area contributed by atoms with Crippen molar-refractivity contribution >= 4 is 30.1 Å². The molecule has 1 N–H and O–H groups in total. The van der Waals surface area contributed by atoms with Crippen molar-refractivity contribution in [2.75, 3.05) is 7.11 Å². The lowest BCUT2D eigenvalue weighted by molar-refractivity contribution is 0.164. The van der Waals surface area contributed by atoms with Gasteiger partial charge in [-0.2, -0.15) is 0 Å². The van der Waals surface area contributed by atoms with Crippen molar-refractivity contribution in [2.45, 2.75) is 52.1 Å². The van der Waals surface area contributed by atoms with Gasteiger partial charge in [0, 0.05) is 21.2 Å². The molecule has 2 atom stereocenters. The Balaban J connectivity index is 1.89. The summed E-state index contributed by atoms with van der Waals surface area (Å²) in [6.07, 6.45) is 4.71. The van der Waals surface area contributed by atoms with Crippen LogP contribution in [0.25, 0.3) is 0 Å². The molecule has 0 radical (unpaired) electrons. The van der Waals surface area contributed by atoms with Crippen molar-refractivity contribution in [3.05, 3.63) is 51.5 Å². The third kappa shape index (κ3) is 3.56. The molecule has 3 rings (SSSR count). The monoisotopic (exact) mass is 456 g/mol. The first-order chi connectivity index (χ1) is 11.5. The van der Waals surface area contributed by atoms with Crippen LogP contribution >= 0.6 is 30.1 Å². The molecule has 1 aromatic carbocycles. The van der Waals surface area contributed by atoms with Gasteiger partial charge < -0.3 is 9.84 Å². The van der Waals surface area contributed by atoms with E-state index in [2.05, 4.69) is 53.3 Å². The first-order valence-corrected chi connectivity index (χ1v) is 11.8. The number of fused-ring (bicyclic) bond motifs is 1. The van der Waals surface area contributed by atoms with Gasteiger partial charge >= 0.3 is 0 Å². The molecular weight excluding hydrogens is 431 g/mol. The van der Waals surface area contributed by atoms with Crippen LogP contribution in [0.3, 0.4) is 0 Å². The number of halogens is 1. The van der Waals surface area contributed by atoms with Crippen molar-refractivity contribution in [2.24, 2.45) is 5.41 Å². The lowest BCUT2D eigenvalue weighted by Gasteiger charge is -2.35. The molecule has 0 aromatic heterocycles. The van der Waals surface area contributed by atoms with Gasteiger partial charge in [-0.15, -0.1) is 0 Å². The second kappa shape index (κ2) is 7.42. The number of allylic oxidation sites excluding steroid dienone is 3. The van der Waals surface area contributed by atoms with Crippen molar-refractivity contribution in [1.29, 1.82) is 0 Å². The summed E-state index contributed by atoms with van der Waals surface area (Å²) < 4.78 is 5.34. The van der Waals surface area contributed by atoms with Gasteiger partial charge in [-0.05, 0) is 78.2 Å². The number of aliphatic hydroxyl groups excluding tert-OH is 1. The van der Waals surface area contributed by atoms with Crippen molar-refractivity contribution < 1.29 is 9.84 Å². The molecule has 0 unspecified atom stereocenters. The van der Waals surface area contributed by atoms with Gasteiger partial charge in [-0.1, -0.05) is 33.6 Å². The molecule has 0 aliphatic heterocycles. The Hall–Kier alpha value is -0.460. The fourth-order valence-electron chi connectivity index (χ4n) is 4.27. The van der Waals surface area contributed by atoms with Gasteiger partial charge in [0.1, 0.15) is 5.75 Å². The largest absolute Gasteiger partial charge is 0.497 e. The third-order valence-electron chi connectivity index (χ3n) is 5.53. The molecule has 0 saturated heterocycles. The zero-order chi connectivity index (χ0) is 17.3. The second-order valence-corrected chi connectivity index (χ2v) is 9.20. The van der Waals surface area contributed by atoms with E-state index < -0.39 is 0 Å². The summed E-state index contributed by atoms with van der Waals surface area (Å²) in [4.78, 5) is 1.48. The minimum absolute atomic E-state index is 0.149. The quantitative estimate of drug-likeness (QED) is 0.564. The molecule has 0 amide bonds. The van der Waals surface area contributed by atoms with E-state index in [9.17, 15) is 5.11 Å². The van der Waals surface area contributed by atoms with Crippen molar-refractivity contribution in [3.63, 3.8) is 0 Å². The number of hydrogen-bond acceptors (Lipinski definition) is 3. The zero-order valence-corrected chi connectivity index (χ0v) is 17.5. The first kappa shape index (κ1) is 18.3. The van der Waals surface area contributed by atoms with Crippen LogP contribution in [0, 0.1) is 5.41 Å². The molecule has 130 valence electrons. The number of rotatable bonds is 5. The summed E-state index contributed by atoms with van der Waals surface area (Å²) in [6.45, 7) is 4.60. The maximum Gasteiger partial charge on any atom is 0.119 e. The Kier molecular flexibility index (Phi) is 5.67. The van der Waals surface area contributed by atoms with E-state index in [0.717, 1.165) is 37.9 Å². The Morgan fingerprint density at radius 1 is 1.38 bits per heavy atom. The lowest BCUT2D eigenvalue weighted by Crippen LogP contribution is -2.21. The van der Waals surface area contributed by atoms with Crippen LogP contribution in [0.5, 0.6) is 5.75 Å². The number of aryl methyl sites for hydroxylation is 1. The Morgan fingerprint density at radius 2 is 2.17 bits per heavy atom. The minimum Gasteiger partial charge on any atom is -0.497 e. The fourth-order valence-corrected chi connectivity index (χ4v) is 6.34. The number of ether oxygens (including phenoxy) is 1. The molecule has 1 saturated carbocycles. The van der Waals surface area contributed by atoms with E-state index in [4.69, 9.17) is 4.74 Å². The van der Waals surface area contributed by atoms with Gasteiger partial charge in [0.05, 0.1) is 13.2 Å². The topological polar surface area (TPSA) is 29.5 Å². The summed E-state index contributed by atoms with van der Waals surface area (Å²) in [5.74, 6) is 0.922. The molecule has 1 aromatic rings. The lowest BCUT2D eigenvalue weighted by atomic mass is 9.72. The molecule has 1 fully saturated rings. The predicted octanol–water partition coefficient (Wildman–Crippen LogP) is 5.85. The first-order valence-electron chi connectivity index (χ1n) is 8.49. The van der Waals surface area contributed by atoms with E-state index in [0.29, 0.717) is 0 Å². The van der Waals surface area contributed by atoms with E-state index in [-0.39, 0.29) is 11.5 Å². The van der Waals surface area contributed by atoms with Gasteiger partial charge in [0.15, 0.2) is 0 Å². The number of methoxy groups -OCH3 is 1. The van der Waals surface area contributed by atoms with Crippen LogP contribution in [0.2, 0.25) is 0 Å². The van der Waals surface area contributed by atoms with Gasteiger partial charge in [-0.3, -0.25) is 0 Å². The van der Waals surface area contributed by atoms with E-state index in [1.807, 2.05) is 15.0 Å². The average Bonchev–Trinajstić information content (AvgIpc) is 2.88. The molecule has 4 heteroatoms. The fraction of sp³-hybridized carbons (Fsp3) is 0.500. The highest BCUT2D eigenvalue weighted by Crippen LogP contribution is 2.56. The van der Waals surface area contributed by atoms with E-state index in [1.54, 1.807) is 7.11 Å². The summed E-state index contributed by atoms with van der Waals surface area (Å²) in [7, 11) is 3.56. The molecule has 0 spiro atoms. The summed E-state index contributed by atoms with van der Waals surface area (Å²) in [5, 5.41) is 10.3. The van der Waals surface area contributed by atoms with Crippen molar-refractivity contribution in [3.8, 4) is 5.75 Å². The summed E-state index contributed by atoms with van der Waals surface area (Å²) >= 11 is 2.40. The SMILES string of the molecule is COc1cccc(CCC2=C3C[C@H](O)C[C@]3(C)CC(SI)=C2C)c1. The van der Waals surface area contributed by atoms with E-state index >= 15 is 0 Å². The highest BCUT2D eigenvalue weighted by molar-refractivity contribution is 14.2. The molecule has 0 bridgehead atoms. The molecule has 2 nitrogen and oxygen atoms in total. The average molecular weight is 456 g/mol. The van der Waals surface area contributed by atoms with Gasteiger partial charge in [0.2, 0.25) is 0 Å². The molecule has 2 aliphatic carbocycles. The third-order valence-corrected chi connectivity index (χ3v) is 7.76.